The number of carbonyl (C=O) groups is 2. The summed E-state index contributed by atoms with van der Waals surface area (Å²) in [5, 5.41) is 11.1. The summed E-state index contributed by atoms with van der Waals surface area (Å²) in [7, 11) is 0. The zero-order valence-electron chi connectivity index (χ0n) is 13.0. The molecule has 0 spiro atoms. The number of hydrogen-bond donors (Lipinski definition) is 5. The van der Waals surface area contributed by atoms with Crippen LogP contribution in [-0.2, 0) is 4.79 Å². The van der Waals surface area contributed by atoms with Crippen molar-refractivity contribution < 1.29 is 19.1 Å². The lowest BCUT2D eigenvalue weighted by Gasteiger charge is -2.19. The van der Waals surface area contributed by atoms with Crippen LogP contribution in [0.1, 0.15) is 35.7 Å². The minimum Gasteiger partial charge on any atom is -0.480 e. The molecule has 0 aromatic heterocycles. The highest BCUT2D eigenvalue weighted by molar-refractivity contribution is 5.94. The minimum atomic E-state index is -1.21. The van der Waals surface area contributed by atoms with Gasteiger partial charge in [0.15, 0.2) is 0 Å². The maximum absolute atomic E-state index is 13.9. The summed E-state index contributed by atoms with van der Waals surface area (Å²) < 4.78 is 13.9. The molecule has 1 heterocycles. The quantitative estimate of drug-likeness (QED) is 0.518. The van der Waals surface area contributed by atoms with Crippen LogP contribution >= 0.6 is 0 Å². The van der Waals surface area contributed by atoms with Gasteiger partial charge in [-0.3, -0.25) is 20.4 Å². The minimum absolute atomic E-state index is 0.0125. The SMILES string of the molecule is CC1NNC(C)C1c1cc(F)cc(C(=O)NC[C@@H](N)C(=O)O)c1. The number of hydrogen-bond acceptors (Lipinski definition) is 5. The predicted octanol–water partition coefficient (Wildman–Crippen LogP) is -0.0642. The third-order valence-electron chi connectivity index (χ3n) is 3.98. The van der Waals surface area contributed by atoms with Gasteiger partial charge >= 0.3 is 5.97 Å². The molecule has 0 saturated carbocycles. The molecular weight excluding hydrogens is 303 g/mol. The van der Waals surface area contributed by atoms with E-state index in [9.17, 15) is 14.0 Å². The van der Waals surface area contributed by atoms with Crippen LogP contribution in [0.3, 0.4) is 0 Å². The topological polar surface area (TPSA) is 116 Å². The Morgan fingerprint density at radius 2 is 1.91 bits per heavy atom. The van der Waals surface area contributed by atoms with Gasteiger partial charge in [-0.05, 0) is 37.6 Å². The van der Waals surface area contributed by atoms with E-state index in [1.54, 1.807) is 6.07 Å². The lowest BCUT2D eigenvalue weighted by Crippen LogP contribution is -2.42. The largest absolute Gasteiger partial charge is 0.480 e. The number of nitrogens with two attached hydrogens (primary N) is 1. The Labute approximate surface area is 133 Å². The molecule has 2 unspecified atom stereocenters. The third kappa shape index (κ3) is 4.04. The highest BCUT2D eigenvalue weighted by atomic mass is 19.1. The van der Waals surface area contributed by atoms with E-state index in [0.29, 0.717) is 5.56 Å². The average molecular weight is 324 g/mol. The Balaban J connectivity index is 2.17. The molecular formula is C15H21FN4O3. The summed E-state index contributed by atoms with van der Waals surface area (Å²) in [5.74, 6) is -2.27. The molecule has 6 N–H and O–H groups in total. The Kier molecular flexibility index (Phi) is 5.30. The van der Waals surface area contributed by atoms with E-state index in [1.807, 2.05) is 13.8 Å². The summed E-state index contributed by atoms with van der Waals surface area (Å²) in [6, 6.07) is 3.13. The van der Waals surface area contributed by atoms with Crippen molar-refractivity contribution in [1.29, 1.82) is 0 Å². The van der Waals surface area contributed by atoms with Gasteiger partial charge in [-0.25, -0.2) is 4.39 Å². The van der Waals surface area contributed by atoms with Gasteiger partial charge in [0, 0.05) is 30.1 Å². The van der Waals surface area contributed by atoms with Crippen molar-refractivity contribution in [3.8, 4) is 0 Å². The molecule has 0 radical (unpaired) electrons. The fraction of sp³-hybridized carbons (Fsp3) is 0.467. The first kappa shape index (κ1) is 17.3. The van der Waals surface area contributed by atoms with Crippen molar-refractivity contribution in [3.63, 3.8) is 0 Å². The van der Waals surface area contributed by atoms with Gasteiger partial charge in [-0.2, -0.15) is 0 Å². The maximum Gasteiger partial charge on any atom is 0.322 e. The molecule has 1 saturated heterocycles. The predicted molar refractivity (Wildman–Crippen MR) is 82.3 cm³/mol. The molecule has 1 aliphatic heterocycles. The molecule has 1 fully saturated rings. The molecule has 0 bridgehead atoms. The summed E-state index contributed by atoms with van der Waals surface area (Å²) in [6.45, 7) is 3.72. The highest BCUT2D eigenvalue weighted by Crippen LogP contribution is 2.28. The van der Waals surface area contributed by atoms with E-state index >= 15 is 0 Å². The smallest absolute Gasteiger partial charge is 0.322 e. The Morgan fingerprint density at radius 1 is 1.30 bits per heavy atom. The van der Waals surface area contributed by atoms with Crippen LogP contribution in [-0.4, -0.2) is 41.7 Å². The molecule has 3 atom stereocenters. The first-order valence-electron chi connectivity index (χ1n) is 7.37. The zero-order valence-corrected chi connectivity index (χ0v) is 13.0. The second kappa shape index (κ2) is 7.03. The van der Waals surface area contributed by atoms with E-state index in [2.05, 4.69) is 16.2 Å². The number of rotatable bonds is 5. The van der Waals surface area contributed by atoms with Crippen molar-refractivity contribution in [2.75, 3.05) is 6.54 Å². The number of carboxylic acid groups (broad SMARTS) is 1. The summed E-state index contributed by atoms with van der Waals surface area (Å²) in [4.78, 5) is 22.7. The number of carbonyl (C=O) groups excluding carboxylic acids is 1. The zero-order chi connectivity index (χ0) is 17.1. The van der Waals surface area contributed by atoms with Crippen LogP contribution < -0.4 is 21.9 Å². The van der Waals surface area contributed by atoms with E-state index in [-0.39, 0.29) is 30.1 Å². The molecule has 1 amide bonds. The van der Waals surface area contributed by atoms with Gasteiger partial charge in [-0.1, -0.05) is 0 Å². The second-order valence-corrected chi connectivity index (χ2v) is 5.82. The molecule has 8 heteroatoms. The van der Waals surface area contributed by atoms with Gasteiger partial charge in [0.1, 0.15) is 11.9 Å². The van der Waals surface area contributed by atoms with E-state index < -0.39 is 23.7 Å². The summed E-state index contributed by atoms with van der Waals surface area (Å²) >= 11 is 0. The Bertz CT molecular complexity index is 600. The van der Waals surface area contributed by atoms with Gasteiger partial charge in [0.25, 0.3) is 5.91 Å². The van der Waals surface area contributed by atoms with Crippen LogP contribution in [0, 0.1) is 5.82 Å². The van der Waals surface area contributed by atoms with Gasteiger partial charge < -0.3 is 16.2 Å². The normalized spacial score (nSPS) is 25.1. The van der Waals surface area contributed by atoms with E-state index in [0.717, 1.165) is 6.07 Å². The molecule has 2 rings (SSSR count). The van der Waals surface area contributed by atoms with Crippen molar-refractivity contribution in [1.82, 2.24) is 16.2 Å². The Hall–Kier alpha value is -2.03. The Morgan fingerprint density at radius 3 is 2.48 bits per heavy atom. The maximum atomic E-state index is 13.9. The fourth-order valence-corrected chi connectivity index (χ4v) is 2.78. The molecule has 7 nitrogen and oxygen atoms in total. The molecule has 1 aliphatic rings. The molecule has 126 valence electrons. The van der Waals surface area contributed by atoms with Crippen molar-refractivity contribution >= 4 is 11.9 Å². The number of halogens is 1. The second-order valence-electron chi connectivity index (χ2n) is 5.82. The molecule has 1 aromatic rings. The molecule has 0 aliphatic carbocycles. The fourth-order valence-electron chi connectivity index (χ4n) is 2.78. The number of hydrazine groups is 1. The van der Waals surface area contributed by atoms with Crippen LogP contribution in [0.4, 0.5) is 4.39 Å². The number of carboxylic acids is 1. The standard InChI is InChI=1S/C15H21FN4O3/c1-7-13(8(2)20-19-7)9-3-10(5-11(16)4-9)14(21)18-6-12(17)15(22)23/h3-5,7-8,12-13,19-20H,6,17H2,1-2H3,(H,18,21)(H,22,23)/t7?,8?,12-,13?/m1/s1. The van der Waals surface area contributed by atoms with Gasteiger partial charge in [-0.15, -0.1) is 0 Å². The van der Waals surface area contributed by atoms with E-state index in [1.165, 1.54) is 6.07 Å². The van der Waals surface area contributed by atoms with Crippen LogP contribution in [0.25, 0.3) is 0 Å². The van der Waals surface area contributed by atoms with E-state index in [4.69, 9.17) is 10.8 Å². The third-order valence-corrected chi connectivity index (χ3v) is 3.98. The number of amides is 1. The summed E-state index contributed by atoms with van der Waals surface area (Å²) in [5.41, 5.74) is 12.3. The monoisotopic (exact) mass is 324 g/mol. The number of benzene rings is 1. The lowest BCUT2D eigenvalue weighted by molar-refractivity contribution is -0.138. The number of nitrogens with one attached hydrogen (secondary N) is 3. The average Bonchev–Trinajstić information content (AvgIpc) is 2.82. The van der Waals surface area contributed by atoms with Crippen LogP contribution in [0.5, 0.6) is 0 Å². The number of aliphatic carboxylic acids is 1. The van der Waals surface area contributed by atoms with Gasteiger partial charge in [0.05, 0.1) is 0 Å². The van der Waals surface area contributed by atoms with Crippen molar-refractivity contribution in [2.24, 2.45) is 5.73 Å². The van der Waals surface area contributed by atoms with Crippen molar-refractivity contribution in [3.05, 3.63) is 35.1 Å². The first-order valence-corrected chi connectivity index (χ1v) is 7.37. The first-order chi connectivity index (χ1) is 10.8. The lowest BCUT2D eigenvalue weighted by atomic mass is 9.87. The highest BCUT2D eigenvalue weighted by Gasteiger charge is 2.31. The van der Waals surface area contributed by atoms with Crippen LogP contribution in [0.15, 0.2) is 18.2 Å². The van der Waals surface area contributed by atoms with Crippen molar-refractivity contribution in [2.45, 2.75) is 37.9 Å². The molecule has 23 heavy (non-hydrogen) atoms. The summed E-state index contributed by atoms with van der Waals surface area (Å²) in [6.07, 6.45) is 0. The molecule has 1 aromatic carbocycles. The van der Waals surface area contributed by atoms with Crippen LogP contribution in [0.2, 0.25) is 0 Å². The van der Waals surface area contributed by atoms with Gasteiger partial charge in [0.2, 0.25) is 0 Å².